The molecule has 15 heavy (non-hydrogen) atoms. The Kier molecular flexibility index (Phi) is 46.9. The van der Waals surface area contributed by atoms with E-state index in [4.69, 9.17) is 10.2 Å². The van der Waals surface area contributed by atoms with E-state index in [9.17, 15) is 9.59 Å². The van der Waals surface area contributed by atoms with Crippen LogP contribution in [-0.4, -0.2) is 22.2 Å². The van der Waals surface area contributed by atoms with E-state index in [0.717, 1.165) is 0 Å². The quantitative estimate of drug-likeness (QED) is 0.416. The van der Waals surface area contributed by atoms with E-state index in [1.165, 1.54) is 0 Å². The van der Waals surface area contributed by atoms with Gasteiger partial charge in [-0.15, -0.1) is 0 Å². The molecule has 0 amide bonds. The van der Waals surface area contributed by atoms with Crippen molar-refractivity contribution < 1.29 is 39.3 Å². The summed E-state index contributed by atoms with van der Waals surface area (Å²) in [5.41, 5.74) is 0. The average Bonchev–Trinajstić information content (AvgIpc) is 1.81. The smallest absolute Gasteiger partial charge is 0.307 e. The first-order valence-electron chi connectivity index (χ1n) is 3.02. The zero-order chi connectivity index (χ0) is 8.15. The maximum Gasteiger partial charge on any atom is 0.307 e. The predicted octanol–water partition coefficient (Wildman–Crippen LogP) is 1.21. The molecule has 0 fully saturated rings. The number of hydrogen-bond donors (Lipinski definition) is 2. The Hall–Kier alpha value is -3.44. The van der Waals surface area contributed by atoms with Gasteiger partial charge >= 0.3 is 11.9 Å². The first-order valence-corrected chi connectivity index (χ1v) is 3.02. The molecule has 0 aromatic heterocycles. The van der Waals surface area contributed by atoms with Gasteiger partial charge in [0.05, 0.1) is 12.3 Å². The first-order chi connectivity index (χ1) is 4.57. The summed E-state index contributed by atoms with van der Waals surface area (Å²) in [7, 11) is 0. The molecule has 0 saturated heterocycles. The van der Waals surface area contributed by atoms with Gasteiger partial charge in [0.1, 0.15) is 0 Å². The molecule has 0 aromatic rings. The van der Waals surface area contributed by atoms with Crippen molar-refractivity contribution >= 4 is 11.9 Å². The second-order valence-corrected chi connectivity index (χ2v) is 2.04. The van der Waals surface area contributed by atoms with E-state index >= 15 is 0 Å². The van der Waals surface area contributed by atoms with E-state index in [-0.39, 0.29) is 33.3 Å². The monoisotopic (exact) mass is 1070 g/mol. The Balaban J connectivity index is -0.0000000405. The molecule has 0 spiro atoms. The van der Waals surface area contributed by atoms with Crippen molar-refractivity contribution in [3.05, 3.63) is 0 Å². The van der Waals surface area contributed by atoms with E-state index in [1.807, 2.05) is 0 Å². The Morgan fingerprint density at radius 2 is 1.47 bits per heavy atom. The van der Waals surface area contributed by atoms with Gasteiger partial charge in [-0.2, -0.15) is 0 Å². The van der Waals surface area contributed by atoms with Gasteiger partial charge < -0.3 is 10.2 Å². The van der Waals surface area contributed by atoms with Gasteiger partial charge in [0.25, 0.3) is 0 Å². The van der Waals surface area contributed by atoms with Crippen LogP contribution in [0.1, 0.15) is 27.2 Å². The SMILES string of the molecule is C.CCC(CC(=O)O)C(=O)O.[Rf].[Rf].[Rf].[Rh]. The third-order valence-corrected chi connectivity index (χ3v) is 1.26. The fourth-order valence-electron chi connectivity index (χ4n) is 0.617. The van der Waals surface area contributed by atoms with E-state index < -0.39 is 17.9 Å². The predicted molar refractivity (Wildman–Crippen MR) is 40.4 cm³/mol. The molecule has 0 bridgehead atoms. The summed E-state index contributed by atoms with van der Waals surface area (Å²) in [5.74, 6) is -2.84. The minimum atomic E-state index is -1.06. The summed E-state index contributed by atoms with van der Waals surface area (Å²) < 4.78 is 0. The second kappa shape index (κ2) is 16.9. The molecule has 1 atom stereocenters. The van der Waals surface area contributed by atoms with Gasteiger partial charge in [-0.05, 0) is 6.42 Å². The number of carbonyl (C=O) groups is 2. The topological polar surface area (TPSA) is 74.6 Å². The molecule has 1 radical (unpaired) electrons. The third-order valence-electron chi connectivity index (χ3n) is 1.26. The summed E-state index contributed by atoms with van der Waals surface area (Å²) in [6.07, 6.45) is 0.0769. The summed E-state index contributed by atoms with van der Waals surface area (Å²) in [6.45, 7) is 1.65. The Morgan fingerprint density at radius 3 is 1.53 bits per heavy atom. The van der Waals surface area contributed by atoms with Gasteiger partial charge in [-0.1, -0.05) is 14.4 Å². The largest absolute Gasteiger partial charge is 0.481 e. The van der Waals surface area contributed by atoms with Gasteiger partial charge in [-0.3, -0.25) is 9.59 Å². The fraction of sp³-hybridized carbons (Fsp3) is 0.714. The summed E-state index contributed by atoms with van der Waals surface area (Å²) in [4.78, 5) is 20.2. The van der Waals surface area contributed by atoms with Crippen molar-refractivity contribution in [3.8, 4) is 0 Å². The molecule has 0 aromatic carbocycles. The van der Waals surface area contributed by atoms with Crippen molar-refractivity contribution in [2.75, 3.05) is 0 Å². The molecule has 0 aliphatic heterocycles. The van der Waals surface area contributed by atoms with Crippen molar-refractivity contribution in [3.63, 3.8) is 0 Å². The van der Waals surface area contributed by atoms with E-state index in [1.54, 1.807) is 6.92 Å². The number of aliphatic carboxylic acids is 2. The van der Waals surface area contributed by atoms with Crippen LogP contribution < -0.4 is 0 Å². The molecular weight excluding hydrogens is 1050 g/mol. The van der Waals surface area contributed by atoms with Crippen molar-refractivity contribution in [1.82, 2.24) is 0 Å². The first kappa shape index (κ1) is 41.7. The molecule has 81 valence electrons. The molecular formula is C7H14O4Rf3Rh. The zero-order valence-corrected chi connectivity index (χ0v) is 29.0. The molecule has 0 aliphatic rings. The van der Waals surface area contributed by atoms with E-state index in [0.29, 0.717) is 6.42 Å². The maximum absolute atomic E-state index is 10.2. The number of rotatable bonds is 4. The molecule has 2 N–H and O–H groups in total. The molecule has 8 heteroatoms. The van der Waals surface area contributed by atoms with Crippen LogP contribution in [0.2, 0.25) is 0 Å². The van der Waals surface area contributed by atoms with Crippen molar-refractivity contribution in [1.29, 1.82) is 0 Å². The van der Waals surface area contributed by atoms with E-state index in [2.05, 4.69) is 0 Å². The zero-order valence-electron chi connectivity index (χ0n) is 8.16. The molecule has 4 nitrogen and oxygen atoms in total. The molecule has 0 aliphatic carbocycles. The molecule has 0 saturated carbocycles. The van der Waals surface area contributed by atoms with Crippen LogP contribution in [0.15, 0.2) is 0 Å². The Morgan fingerprint density at radius 1 is 1.13 bits per heavy atom. The summed E-state index contributed by atoms with van der Waals surface area (Å²) >= 11 is 0. The Labute approximate surface area is 84.7 Å². The molecule has 1 unspecified atom stereocenters. The van der Waals surface area contributed by atoms with Crippen LogP contribution in [0.25, 0.3) is 0 Å². The van der Waals surface area contributed by atoms with Crippen LogP contribution in [0.3, 0.4) is 0 Å². The van der Waals surface area contributed by atoms with Gasteiger partial charge in [0, 0.05) is 19.5 Å². The summed E-state index contributed by atoms with van der Waals surface area (Å²) in [5, 5.41) is 16.6. The molecule has 0 heterocycles. The number of carboxylic acids is 2. The van der Waals surface area contributed by atoms with Crippen molar-refractivity contribution in [2.45, 2.75) is 27.2 Å². The van der Waals surface area contributed by atoms with Crippen LogP contribution in [0.4, 0.5) is 0 Å². The van der Waals surface area contributed by atoms with Gasteiger partial charge in [0.2, 0.25) is 0 Å². The normalized spacial score (nSPS) is 8.33. The van der Waals surface area contributed by atoms with Gasteiger partial charge in [0.15, 0.2) is 0 Å². The fourth-order valence-corrected chi connectivity index (χ4v) is 0.617. The van der Waals surface area contributed by atoms with Crippen LogP contribution in [0.5, 0.6) is 0 Å². The minimum absolute atomic E-state index is 0. The minimum Gasteiger partial charge on any atom is -0.481 e. The number of hydrogen-bond acceptors (Lipinski definition) is 2. The maximum atomic E-state index is 10.2. The van der Waals surface area contributed by atoms with Crippen LogP contribution >= 0.6 is 0 Å². The molecule has 0 rings (SSSR count). The van der Waals surface area contributed by atoms with Crippen LogP contribution in [-0.2, 0) is 29.1 Å². The average molecular weight is 1070 g/mol. The van der Waals surface area contributed by atoms with Crippen LogP contribution in [0, 0.1) is 5.92 Å². The second-order valence-electron chi connectivity index (χ2n) is 2.04. The summed E-state index contributed by atoms with van der Waals surface area (Å²) in [6, 6.07) is 0. The van der Waals surface area contributed by atoms with Crippen molar-refractivity contribution in [2.24, 2.45) is 5.92 Å². The third kappa shape index (κ3) is 18.0. The standard InChI is InChI=1S/C6H10O4.CH4.3Rf.Rh/c1-2-4(6(9)10)3-5(7)8;;;;;/h4H,2-3H2,1H3,(H,7,8)(H,9,10);1H4;;;;. The number of carboxylic acid groups (broad SMARTS) is 2. The van der Waals surface area contributed by atoms with Gasteiger partial charge in [-0.25, -0.2) is 0 Å². The Bertz CT molecular complexity index is 157.